The zero-order valence-electron chi connectivity index (χ0n) is 9.55. The average Bonchev–Trinajstić information content (AvgIpc) is 2.76. The summed E-state index contributed by atoms with van der Waals surface area (Å²) >= 11 is 4.96. The van der Waals surface area contributed by atoms with Gasteiger partial charge in [-0.05, 0) is 53.2 Å². The molecule has 1 saturated carbocycles. The summed E-state index contributed by atoms with van der Waals surface area (Å²) in [5.41, 5.74) is 1.13. The zero-order chi connectivity index (χ0) is 11.7. The summed E-state index contributed by atoms with van der Waals surface area (Å²) in [5, 5.41) is 3.14. The average molecular weight is 302 g/mol. The third-order valence-electron chi connectivity index (χ3n) is 3.26. The minimum atomic E-state index is 0.0811. The summed E-state index contributed by atoms with van der Waals surface area (Å²) in [5.74, 6) is 0.700. The predicted octanol–water partition coefficient (Wildman–Crippen LogP) is 3.74. The van der Waals surface area contributed by atoms with Crippen molar-refractivity contribution in [1.82, 2.24) is 5.32 Å². The molecule has 1 aromatic heterocycles. The minimum absolute atomic E-state index is 0.0811. The predicted molar refractivity (Wildman–Crippen MR) is 71.0 cm³/mol. The maximum atomic E-state index is 12.0. The first-order chi connectivity index (χ1) is 7.58. The van der Waals surface area contributed by atoms with E-state index in [1.54, 1.807) is 0 Å². The number of carbonyl (C=O) groups excluding carboxylic acids is 1. The molecule has 16 heavy (non-hydrogen) atoms. The van der Waals surface area contributed by atoms with Crippen LogP contribution in [0, 0.1) is 12.8 Å². The second kappa shape index (κ2) is 4.88. The van der Waals surface area contributed by atoms with Crippen LogP contribution in [-0.2, 0) is 0 Å². The molecular weight excluding hydrogens is 286 g/mol. The first-order valence-corrected chi connectivity index (χ1v) is 7.25. The van der Waals surface area contributed by atoms with Crippen LogP contribution in [-0.4, -0.2) is 11.9 Å². The van der Waals surface area contributed by atoms with Crippen LogP contribution in [0.25, 0.3) is 0 Å². The van der Waals surface area contributed by atoms with E-state index >= 15 is 0 Å². The fourth-order valence-electron chi connectivity index (χ4n) is 2.17. The third-order valence-corrected chi connectivity index (χ3v) is 5.39. The Hall–Kier alpha value is -0.350. The van der Waals surface area contributed by atoms with Crippen LogP contribution in [0.5, 0.6) is 0 Å². The van der Waals surface area contributed by atoms with E-state index in [1.807, 2.05) is 13.0 Å². The molecule has 0 bridgehead atoms. The van der Waals surface area contributed by atoms with Crippen LogP contribution in [0.3, 0.4) is 0 Å². The molecule has 0 aromatic carbocycles. The van der Waals surface area contributed by atoms with Crippen molar-refractivity contribution in [3.05, 3.63) is 20.3 Å². The van der Waals surface area contributed by atoms with E-state index in [0.717, 1.165) is 20.6 Å². The van der Waals surface area contributed by atoms with E-state index in [1.165, 1.54) is 24.2 Å². The van der Waals surface area contributed by atoms with E-state index in [4.69, 9.17) is 0 Å². The van der Waals surface area contributed by atoms with Gasteiger partial charge in [-0.2, -0.15) is 0 Å². The SMILES string of the molecule is Cc1cc(C(=O)NC2CCCC2C)sc1Br. The molecule has 1 fully saturated rings. The van der Waals surface area contributed by atoms with Gasteiger partial charge >= 0.3 is 0 Å². The molecule has 4 heteroatoms. The van der Waals surface area contributed by atoms with Crippen LogP contribution in [0.15, 0.2) is 9.85 Å². The first kappa shape index (κ1) is 12.1. The van der Waals surface area contributed by atoms with E-state index in [9.17, 15) is 4.79 Å². The minimum Gasteiger partial charge on any atom is -0.348 e. The molecule has 1 heterocycles. The van der Waals surface area contributed by atoms with E-state index in [-0.39, 0.29) is 5.91 Å². The summed E-state index contributed by atoms with van der Waals surface area (Å²) in [6, 6.07) is 2.32. The highest BCUT2D eigenvalue weighted by molar-refractivity contribution is 9.11. The van der Waals surface area contributed by atoms with Crippen LogP contribution in [0.2, 0.25) is 0 Å². The first-order valence-electron chi connectivity index (χ1n) is 5.64. The van der Waals surface area contributed by atoms with Crippen molar-refractivity contribution in [2.24, 2.45) is 5.92 Å². The van der Waals surface area contributed by atoms with Crippen molar-refractivity contribution < 1.29 is 4.79 Å². The van der Waals surface area contributed by atoms with Crippen LogP contribution in [0.4, 0.5) is 0 Å². The van der Waals surface area contributed by atoms with Gasteiger partial charge in [-0.3, -0.25) is 4.79 Å². The lowest BCUT2D eigenvalue weighted by Crippen LogP contribution is -2.35. The lowest BCUT2D eigenvalue weighted by atomic mass is 10.1. The Bertz CT molecular complexity index is 382. The van der Waals surface area contributed by atoms with Gasteiger partial charge in [-0.1, -0.05) is 13.3 Å². The van der Waals surface area contributed by atoms with Crippen molar-refractivity contribution in [3.63, 3.8) is 0 Å². The number of hydrogen-bond donors (Lipinski definition) is 1. The highest BCUT2D eigenvalue weighted by Gasteiger charge is 2.25. The Kier molecular flexibility index (Phi) is 3.70. The molecule has 1 amide bonds. The van der Waals surface area contributed by atoms with Crippen molar-refractivity contribution in [3.8, 4) is 0 Å². The smallest absolute Gasteiger partial charge is 0.261 e. The number of nitrogens with one attached hydrogen (secondary N) is 1. The number of halogens is 1. The summed E-state index contributed by atoms with van der Waals surface area (Å²) in [6.45, 7) is 4.23. The molecule has 1 aliphatic carbocycles. The third kappa shape index (κ3) is 2.48. The molecule has 0 radical (unpaired) electrons. The fraction of sp³-hybridized carbons (Fsp3) is 0.583. The summed E-state index contributed by atoms with van der Waals surface area (Å²) in [6.07, 6.45) is 3.59. The monoisotopic (exact) mass is 301 g/mol. The van der Waals surface area contributed by atoms with E-state index < -0.39 is 0 Å². The van der Waals surface area contributed by atoms with Crippen LogP contribution >= 0.6 is 27.3 Å². The Labute approximate surface area is 109 Å². The van der Waals surface area contributed by atoms with Gasteiger partial charge in [0.05, 0.1) is 8.66 Å². The van der Waals surface area contributed by atoms with Gasteiger partial charge in [-0.15, -0.1) is 11.3 Å². The van der Waals surface area contributed by atoms with Crippen LogP contribution in [0.1, 0.15) is 41.4 Å². The van der Waals surface area contributed by atoms with Gasteiger partial charge in [0.2, 0.25) is 0 Å². The van der Waals surface area contributed by atoms with Gasteiger partial charge in [0.25, 0.3) is 5.91 Å². The fourth-order valence-corrected chi connectivity index (χ4v) is 3.61. The molecule has 88 valence electrons. The highest BCUT2D eigenvalue weighted by Crippen LogP contribution is 2.29. The van der Waals surface area contributed by atoms with Gasteiger partial charge in [0, 0.05) is 6.04 Å². The molecule has 2 rings (SSSR count). The second-order valence-corrected chi connectivity index (χ2v) is 6.93. The van der Waals surface area contributed by atoms with Crippen molar-refractivity contribution >= 4 is 33.2 Å². The number of carbonyl (C=O) groups is 1. The van der Waals surface area contributed by atoms with Crippen molar-refractivity contribution in [1.29, 1.82) is 0 Å². The quantitative estimate of drug-likeness (QED) is 0.886. The maximum Gasteiger partial charge on any atom is 0.261 e. The molecule has 2 atom stereocenters. The molecule has 2 unspecified atom stereocenters. The van der Waals surface area contributed by atoms with Gasteiger partial charge in [0.1, 0.15) is 0 Å². The topological polar surface area (TPSA) is 29.1 Å². The Morgan fingerprint density at radius 1 is 1.56 bits per heavy atom. The summed E-state index contributed by atoms with van der Waals surface area (Å²) in [7, 11) is 0. The molecular formula is C12H16BrNOS. The highest BCUT2D eigenvalue weighted by atomic mass is 79.9. The van der Waals surface area contributed by atoms with E-state index in [0.29, 0.717) is 12.0 Å². The Morgan fingerprint density at radius 2 is 2.31 bits per heavy atom. The zero-order valence-corrected chi connectivity index (χ0v) is 12.0. The largest absolute Gasteiger partial charge is 0.348 e. The lowest BCUT2D eigenvalue weighted by Gasteiger charge is -2.16. The number of hydrogen-bond acceptors (Lipinski definition) is 2. The normalized spacial score (nSPS) is 24.7. The Morgan fingerprint density at radius 3 is 2.81 bits per heavy atom. The lowest BCUT2D eigenvalue weighted by molar-refractivity contribution is 0.0934. The Balaban J connectivity index is 2.02. The molecule has 1 aliphatic rings. The summed E-state index contributed by atoms with van der Waals surface area (Å²) < 4.78 is 1.05. The standard InChI is InChI=1S/C12H16BrNOS/c1-7-4-3-5-9(7)14-12(15)10-6-8(2)11(13)16-10/h6-7,9H,3-5H2,1-2H3,(H,14,15). The maximum absolute atomic E-state index is 12.0. The molecule has 1 aromatic rings. The number of amides is 1. The summed E-state index contributed by atoms with van der Waals surface area (Å²) in [4.78, 5) is 12.8. The molecule has 0 aliphatic heterocycles. The number of thiophene rings is 1. The second-order valence-electron chi connectivity index (χ2n) is 4.56. The van der Waals surface area contributed by atoms with E-state index in [2.05, 4.69) is 28.2 Å². The molecule has 0 spiro atoms. The number of rotatable bonds is 2. The van der Waals surface area contributed by atoms with Crippen molar-refractivity contribution in [2.45, 2.75) is 39.2 Å². The van der Waals surface area contributed by atoms with Gasteiger partial charge < -0.3 is 5.32 Å². The van der Waals surface area contributed by atoms with Crippen molar-refractivity contribution in [2.75, 3.05) is 0 Å². The molecule has 1 N–H and O–H groups in total. The molecule has 2 nitrogen and oxygen atoms in total. The number of aryl methyl sites for hydroxylation is 1. The van der Waals surface area contributed by atoms with Gasteiger partial charge in [0.15, 0.2) is 0 Å². The van der Waals surface area contributed by atoms with Gasteiger partial charge in [-0.25, -0.2) is 0 Å². The van der Waals surface area contributed by atoms with Crippen LogP contribution < -0.4 is 5.32 Å². The molecule has 0 saturated heterocycles.